The van der Waals surface area contributed by atoms with Crippen LogP contribution in [0.3, 0.4) is 0 Å². The molecule has 0 radical (unpaired) electrons. The van der Waals surface area contributed by atoms with Gasteiger partial charge in [0, 0.05) is 17.9 Å². The molecule has 4 nitrogen and oxygen atoms in total. The average molecular weight is 293 g/mol. The van der Waals surface area contributed by atoms with E-state index >= 15 is 0 Å². The number of alkyl halides is 1. The maximum Gasteiger partial charge on any atom is 0.318 e. The second-order valence-electron chi connectivity index (χ2n) is 3.36. The van der Waals surface area contributed by atoms with Crippen LogP contribution in [-0.2, 0) is 0 Å². The number of nitrogens with zero attached hydrogens (tertiary/aromatic N) is 3. The molecule has 2 heterocycles. The molecule has 1 aromatic heterocycles. The number of anilines is 1. The lowest BCUT2D eigenvalue weighted by Gasteiger charge is -2.17. The van der Waals surface area contributed by atoms with Crippen LogP contribution >= 0.6 is 27.5 Å². The van der Waals surface area contributed by atoms with Crippen molar-refractivity contribution in [2.24, 2.45) is 0 Å². The van der Waals surface area contributed by atoms with E-state index in [2.05, 4.69) is 30.8 Å². The van der Waals surface area contributed by atoms with Gasteiger partial charge < -0.3 is 9.64 Å². The van der Waals surface area contributed by atoms with Crippen molar-refractivity contribution in [3.63, 3.8) is 0 Å². The molecule has 0 saturated carbocycles. The topological polar surface area (TPSA) is 38.2 Å². The zero-order chi connectivity index (χ0) is 10.8. The molecule has 1 fully saturated rings. The van der Waals surface area contributed by atoms with Crippen LogP contribution in [0.1, 0.15) is 6.42 Å². The number of hydrogen-bond acceptors (Lipinski definition) is 4. The normalized spacial score (nSPS) is 20.7. The molecule has 2 rings (SSSR count). The van der Waals surface area contributed by atoms with Crippen molar-refractivity contribution >= 4 is 33.3 Å². The Hall–Kier alpha value is -0.550. The van der Waals surface area contributed by atoms with Gasteiger partial charge in [-0.3, -0.25) is 0 Å². The fourth-order valence-electron chi connectivity index (χ4n) is 1.57. The van der Waals surface area contributed by atoms with E-state index in [0.717, 1.165) is 25.3 Å². The predicted octanol–water partition coefficient (Wildman–Crippen LogP) is 2.11. The molecular formula is C9H11BrClN3O. The minimum absolute atomic E-state index is 0.354. The van der Waals surface area contributed by atoms with E-state index in [0.29, 0.717) is 15.9 Å². The molecule has 1 aromatic rings. The van der Waals surface area contributed by atoms with E-state index in [1.807, 2.05) is 0 Å². The third-order valence-corrected chi connectivity index (χ3v) is 3.33. The summed E-state index contributed by atoms with van der Waals surface area (Å²) in [4.78, 5) is 10.8. The van der Waals surface area contributed by atoms with Gasteiger partial charge in [0.15, 0.2) is 5.82 Å². The Bertz CT molecular complexity index is 363. The van der Waals surface area contributed by atoms with Gasteiger partial charge in [0.2, 0.25) is 0 Å². The maximum absolute atomic E-state index is 6.04. The Labute approximate surface area is 102 Å². The van der Waals surface area contributed by atoms with E-state index < -0.39 is 0 Å². The molecular weight excluding hydrogens is 281 g/mol. The molecule has 0 aliphatic carbocycles. The van der Waals surface area contributed by atoms with Crippen molar-refractivity contribution in [1.29, 1.82) is 0 Å². The van der Waals surface area contributed by atoms with E-state index in [9.17, 15) is 0 Å². The van der Waals surface area contributed by atoms with E-state index in [4.69, 9.17) is 16.3 Å². The molecule has 82 valence electrons. The van der Waals surface area contributed by atoms with Crippen molar-refractivity contribution in [3.8, 4) is 6.01 Å². The molecule has 6 heteroatoms. The number of ether oxygens (including phenoxy) is 1. The molecule has 1 atom stereocenters. The van der Waals surface area contributed by atoms with Crippen molar-refractivity contribution in [3.05, 3.63) is 11.2 Å². The number of rotatable bonds is 2. The minimum Gasteiger partial charge on any atom is -0.467 e. The Morgan fingerprint density at radius 2 is 2.47 bits per heavy atom. The molecule has 1 aliphatic rings. The summed E-state index contributed by atoms with van der Waals surface area (Å²) in [6.45, 7) is 1.87. The van der Waals surface area contributed by atoms with Crippen molar-refractivity contribution in [1.82, 2.24) is 9.97 Å². The van der Waals surface area contributed by atoms with Gasteiger partial charge in [-0.15, -0.1) is 0 Å². The Balaban J connectivity index is 2.26. The van der Waals surface area contributed by atoms with Gasteiger partial charge in [0.25, 0.3) is 0 Å². The first-order valence-corrected chi connectivity index (χ1v) is 5.95. The molecule has 1 saturated heterocycles. The second kappa shape index (κ2) is 4.53. The highest BCUT2D eigenvalue weighted by molar-refractivity contribution is 9.09. The van der Waals surface area contributed by atoms with Crippen LogP contribution in [0.5, 0.6) is 6.01 Å². The van der Waals surface area contributed by atoms with Crippen LogP contribution < -0.4 is 9.64 Å². The summed E-state index contributed by atoms with van der Waals surface area (Å²) in [5, 5.41) is 0.567. The lowest BCUT2D eigenvalue weighted by atomic mass is 10.4. The van der Waals surface area contributed by atoms with Gasteiger partial charge >= 0.3 is 6.01 Å². The van der Waals surface area contributed by atoms with E-state index in [1.54, 1.807) is 13.3 Å². The fraction of sp³-hybridized carbons (Fsp3) is 0.556. The van der Waals surface area contributed by atoms with Crippen LogP contribution in [0.2, 0.25) is 5.02 Å². The number of halogens is 2. The predicted molar refractivity (Wildman–Crippen MR) is 63.1 cm³/mol. The highest BCUT2D eigenvalue weighted by Gasteiger charge is 2.23. The largest absolute Gasteiger partial charge is 0.467 e. The summed E-state index contributed by atoms with van der Waals surface area (Å²) in [5.41, 5.74) is 0. The highest BCUT2D eigenvalue weighted by Crippen LogP contribution is 2.29. The van der Waals surface area contributed by atoms with Crippen molar-refractivity contribution < 1.29 is 4.74 Å². The standard InChI is InChI=1S/C9H11BrClN3O/c1-15-9-12-4-7(11)8(13-9)14-3-2-6(10)5-14/h4,6H,2-3,5H2,1H3. The van der Waals surface area contributed by atoms with Gasteiger partial charge in [-0.2, -0.15) is 4.98 Å². The fourth-order valence-corrected chi connectivity index (χ4v) is 2.34. The van der Waals surface area contributed by atoms with Gasteiger partial charge in [-0.05, 0) is 6.42 Å². The first-order chi connectivity index (χ1) is 7.20. The van der Waals surface area contributed by atoms with Crippen LogP contribution in [-0.4, -0.2) is 35.0 Å². The number of methoxy groups -OCH3 is 1. The first-order valence-electron chi connectivity index (χ1n) is 4.66. The van der Waals surface area contributed by atoms with Crippen molar-refractivity contribution in [2.75, 3.05) is 25.1 Å². The smallest absolute Gasteiger partial charge is 0.318 e. The second-order valence-corrected chi connectivity index (χ2v) is 5.06. The van der Waals surface area contributed by atoms with E-state index in [1.165, 1.54) is 0 Å². The quantitative estimate of drug-likeness (QED) is 0.783. The summed E-state index contributed by atoms with van der Waals surface area (Å²) >= 11 is 9.62. The third kappa shape index (κ3) is 2.34. The zero-order valence-electron chi connectivity index (χ0n) is 8.28. The Morgan fingerprint density at radius 3 is 3.07 bits per heavy atom. The van der Waals surface area contributed by atoms with Crippen LogP contribution in [0, 0.1) is 0 Å². The molecule has 1 unspecified atom stereocenters. The number of hydrogen-bond donors (Lipinski definition) is 0. The van der Waals surface area contributed by atoms with Crippen molar-refractivity contribution in [2.45, 2.75) is 11.2 Å². The maximum atomic E-state index is 6.04. The summed E-state index contributed by atoms with van der Waals surface area (Å²) in [6, 6.07) is 0.354. The van der Waals surface area contributed by atoms with Gasteiger partial charge in [-0.1, -0.05) is 27.5 Å². The highest BCUT2D eigenvalue weighted by atomic mass is 79.9. The Morgan fingerprint density at radius 1 is 1.67 bits per heavy atom. The summed E-state index contributed by atoms with van der Waals surface area (Å²) < 4.78 is 4.98. The molecule has 0 spiro atoms. The van der Waals surface area contributed by atoms with Crippen LogP contribution in [0.4, 0.5) is 5.82 Å². The van der Waals surface area contributed by atoms with Crippen LogP contribution in [0.15, 0.2) is 6.20 Å². The Kier molecular flexibility index (Phi) is 3.31. The average Bonchev–Trinajstić information content (AvgIpc) is 2.65. The zero-order valence-corrected chi connectivity index (χ0v) is 10.6. The number of aromatic nitrogens is 2. The minimum atomic E-state index is 0.354. The SMILES string of the molecule is COc1ncc(Cl)c(N2CCC(Br)C2)n1. The monoisotopic (exact) mass is 291 g/mol. The molecule has 1 aliphatic heterocycles. The lowest BCUT2D eigenvalue weighted by molar-refractivity contribution is 0.380. The molecule has 0 aromatic carbocycles. The summed E-state index contributed by atoms with van der Waals surface area (Å²) in [7, 11) is 1.55. The van der Waals surface area contributed by atoms with Gasteiger partial charge in [0.05, 0.1) is 13.3 Å². The van der Waals surface area contributed by atoms with Crippen LogP contribution in [0.25, 0.3) is 0 Å². The lowest BCUT2D eigenvalue weighted by Crippen LogP contribution is -2.21. The first kappa shape index (κ1) is 11.0. The summed E-state index contributed by atoms with van der Waals surface area (Å²) in [5.74, 6) is 0.755. The third-order valence-electron chi connectivity index (χ3n) is 2.32. The molecule has 0 bridgehead atoms. The van der Waals surface area contributed by atoms with E-state index in [-0.39, 0.29) is 0 Å². The summed E-state index contributed by atoms with van der Waals surface area (Å²) in [6.07, 6.45) is 2.67. The molecule has 0 N–H and O–H groups in total. The molecule has 0 amide bonds. The van der Waals surface area contributed by atoms with Gasteiger partial charge in [-0.25, -0.2) is 4.98 Å². The van der Waals surface area contributed by atoms with Gasteiger partial charge in [0.1, 0.15) is 5.02 Å². The molecule has 15 heavy (non-hydrogen) atoms.